The predicted octanol–water partition coefficient (Wildman–Crippen LogP) is 1.83. The normalized spacial score (nSPS) is 16.2. The van der Waals surface area contributed by atoms with Crippen LogP contribution in [-0.4, -0.2) is 19.7 Å². The highest BCUT2D eigenvalue weighted by molar-refractivity contribution is 5.82. The van der Waals surface area contributed by atoms with Gasteiger partial charge in [0, 0.05) is 6.07 Å². The number of rotatable bonds is 2. The molecule has 0 radical (unpaired) electrons. The fourth-order valence-corrected chi connectivity index (χ4v) is 1.26. The molecule has 0 spiro atoms. The molecule has 0 unspecified atom stereocenters. The molecule has 0 amide bonds. The Labute approximate surface area is 83.4 Å². The molecule has 1 aromatic rings. The van der Waals surface area contributed by atoms with Crippen molar-refractivity contribution < 1.29 is 27.8 Å². The Morgan fingerprint density at radius 1 is 1.40 bits per heavy atom. The van der Waals surface area contributed by atoms with Crippen LogP contribution in [0.3, 0.4) is 0 Å². The summed E-state index contributed by atoms with van der Waals surface area (Å²) in [5.41, 5.74) is -0.0403. The molecule has 0 atom stereocenters. The van der Waals surface area contributed by atoms with E-state index in [2.05, 4.69) is 9.47 Å². The molecule has 0 saturated heterocycles. The first-order chi connectivity index (χ1) is 7.05. The van der Waals surface area contributed by atoms with Crippen molar-refractivity contribution in [1.82, 2.24) is 0 Å². The standard InChI is InChI=1S/C9H6F2O4/c1-13-6-2-5(4-12)8-7(3-6)14-9(10,11)15-8/h2-4H,1H3. The smallest absolute Gasteiger partial charge is 0.497 e. The maximum atomic E-state index is 12.7. The van der Waals surface area contributed by atoms with Gasteiger partial charge in [-0.2, -0.15) is 0 Å². The predicted molar refractivity (Wildman–Crippen MR) is 44.6 cm³/mol. The first-order valence-electron chi connectivity index (χ1n) is 3.99. The number of fused-ring (bicyclic) bond motifs is 1. The van der Waals surface area contributed by atoms with Crippen molar-refractivity contribution >= 4 is 6.29 Å². The van der Waals surface area contributed by atoms with E-state index in [4.69, 9.17) is 4.74 Å². The van der Waals surface area contributed by atoms with Crippen LogP contribution in [-0.2, 0) is 0 Å². The van der Waals surface area contributed by atoms with Crippen molar-refractivity contribution in [3.63, 3.8) is 0 Å². The van der Waals surface area contributed by atoms with Crippen LogP contribution in [0, 0.1) is 0 Å². The molecule has 1 aliphatic heterocycles. The van der Waals surface area contributed by atoms with Crippen LogP contribution in [0.1, 0.15) is 10.4 Å². The van der Waals surface area contributed by atoms with Gasteiger partial charge in [0.1, 0.15) is 5.75 Å². The van der Waals surface area contributed by atoms with Crippen LogP contribution < -0.4 is 14.2 Å². The molecule has 1 heterocycles. The Kier molecular flexibility index (Phi) is 1.99. The average molecular weight is 216 g/mol. The fraction of sp³-hybridized carbons (Fsp3) is 0.222. The minimum Gasteiger partial charge on any atom is -0.497 e. The van der Waals surface area contributed by atoms with E-state index < -0.39 is 6.29 Å². The Hall–Kier alpha value is -1.85. The van der Waals surface area contributed by atoms with E-state index in [-0.39, 0.29) is 22.8 Å². The van der Waals surface area contributed by atoms with Gasteiger partial charge in [-0.25, -0.2) is 0 Å². The van der Waals surface area contributed by atoms with Crippen molar-refractivity contribution in [2.24, 2.45) is 0 Å². The molecule has 0 bridgehead atoms. The highest BCUT2D eigenvalue weighted by atomic mass is 19.3. The van der Waals surface area contributed by atoms with Crippen LogP contribution in [0.5, 0.6) is 17.2 Å². The zero-order valence-electron chi connectivity index (χ0n) is 7.62. The number of benzene rings is 1. The number of carbonyl (C=O) groups is 1. The van der Waals surface area contributed by atoms with Gasteiger partial charge >= 0.3 is 6.29 Å². The zero-order valence-corrected chi connectivity index (χ0v) is 7.62. The summed E-state index contributed by atoms with van der Waals surface area (Å²) in [4.78, 5) is 10.6. The van der Waals surface area contributed by atoms with Crippen LogP contribution >= 0.6 is 0 Å². The number of ether oxygens (including phenoxy) is 3. The lowest BCUT2D eigenvalue weighted by molar-refractivity contribution is -0.286. The Morgan fingerprint density at radius 3 is 2.73 bits per heavy atom. The average Bonchev–Trinajstić information content (AvgIpc) is 2.50. The molecule has 15 heavy (non-hydrogen) atoms. The van der Waals surface area contributed by atoms with E-state index in [1.807, 2.05) is 0 Å². The molecule has 0 saturated carbocycles. The number of methoxy groups -OCH3 is 1. The molecule has 4 nitrogen and oxygen atoms in total. The molecule has 0 aliphatic carbocycles. The van der Waals surface area contributed by atoms with Gasteiger partial charge in [0.05, 0.1) is 12.7 Å². The highest BCUT2D eigenvalue weighted by Gasteiger charge is 2.44. The molecule has 1 aromatic carbocycles. The number of carbonyl (C=O) groups excluding carboxylic acids is 1. The van der Waals surface area contributed by atoms with Crippen molar-refractivity contribution in [3.8, 4) is 17.2 Å². The molecule has 0 aromatic heterocycles. The van der Waals surface area contributed by atoms with Gasteiger partial charge in [0.2, 0.25) is 0 Å². The minimum absolute atomic E-state index is 0.0403. The van der Waals surface area contributed by atoms with Crippen LogP contribution in [0.15, 0.2) is 12.1 Å². The monoisotopic (exact) mass is 216 g/mol. The molecule has 2 rings (SSSR count). The quantitative estimate of drug-likeness (QED) is 0.707. The van der Waals surface area contributed by atoms with Gasteiger partial charge in [0.15, 0.2) is 17.8 Å². The van der Waals surface area contributed by atoms with Crippen molar-refractivity contribution in [3.05, 3.63) is 17.7 Å². The summed E-state index contributed by atoms with van der Waals surface area (Å²) >= 11 is 0. The van der Waals surface area contributed by atoms with Gasteiger partial charge in [-0.3, -0.25) is 4.79 Å². The molecule has 0 fully saturated rings. The van der Waals surface area contributed by atoms with E-state index in [9.17, 15) is 13.6 Å². The lowest BCUT2D eigenvalue weighted by atomic mass is 10.2. The Bertz CT molecular complexity index is 417. The highest BCUT2D eigenvalue weighted by Crippen LogP contribution is 2.44. The zero-order chi connectivity index (χ0) is 11.1. The topological polar surface area (TPSA) is 44.8 Å². The lowest BCUT2D eigenvalue weighted by Crippen LogP contribution is -2.26. The third kappa shape index (κ3) is 1.58. The van der Waals surface area contributed by atoms with Gasteiger partial charge in [-0.15, -0.1) is 8.78 Å². The van der Waals surface area contributed by atoms with E-state index in [0.717, 1.165) is 0 Å². The van der Waals surface area contributed by atoms with Crippen molar-refractivity contribution in [1.29, 1.82) is 0 Å². The molecule has 0 N–H and O–H groups in total. The summed E-state index contributed by atoms with van der Waals surface area (Å²) in [6, 6.07) is 2.51. The Morgan fingerprint density at radius 2 is 2.13 bits per heavy atom. The second-order valence-electron chi connectivity index (χ2n) is 2.83. The number of alkyl halides is 2. The molecule has 80 valence electrons. The molecule has 6 heteroatoms. The van der Waals surface area contributed by atoms with Gasteiger partial charge in [-0.05, 0) is 6.07 Å². The number of hydrogen-bond acceptors (Lipinski definition) is 4. The Balaban J connectivity index is 2.52. The van der Waals surface area contributed by atoms with Crippen molar-refractivity contribution in [2.75, 3.05) is 7.11 Å². The maximum Gasteiger partial charge on any atom is 0.586 e. The number of aldehydes is 1. The van der Waals surface area contributed by atoms with Crippen LogP contribution in [0.25, 0.3) is 0 Å². The largest absolute Gasteiger partial charge is 0.586 e. The lowest BCUT2D eigenvalue weighted by Gasteiger charge is -2.04. The second-order valence-corrected chi connectivity index (χ2v) is 2.83. The summed E-state index contributed by atoms with van der Waals surface area (Å²) in [5, 5.41) is 0. The first-order valence-corrected chi connectivity index (χ1v) is 3.99. The van der Waals surface area contributed by atoms with Gasteiger partial charge < -0.3 is 14.2 Å². The van der Waals surface area contributed by atoms with Crippen molar-refractivity contribution in [2.45, 2.75) is 6.29 Å². The summed E-state index contributed by atoms with van der Waals surface area (Å²) < 4.78 is 38.5. The second kappa shape index (κ2) is 3.08. The van der Waals surface area contributed by atoms with Crippen LogP contribution in [0.4, 0.5) is 8.78 Å². The SMILES string of the molecule is COc1cc(C=O)c2c(c1)OC(F)(F)O2. The summed E-state index contributed by atoms with van der Waals surface area (Å²) in [6.45, 7) is 0. The fourth-order valence-electron chi connectivity index (χ4n) is 1.26. The van der Waals surface area contributed by atoms with Gasteiger partial charge in [-0.1, -0.05) is 0 Å². The van der Waals surface area contributed by atoms with Gasteiger partial charge in [0.25, 0.3) is 0 Å². The molecule has 1 aliphatic rings. The summed E-state index contributed by atoms with van der Waals surface area (Å²) in [5.74, 6) is -0.227. The maximum absolute atomic E-state index is 12.7. The minimum atomic E-state index is -3.73. The molecular weight excluding hydrogens is 210 g/mol. The first kappa shape index (κ1) is 9.70. The number of halogens is 2. The van der Waals surface area contributed by atoms with Crippen LogP contribution in [0.2, 0.25) is 0 Å². The third-order valence-electron chi connectivity index (χ3n) is 1.87. The van der Waals surface area contributed by atoms with E-state index in [0.29, 0.717) is 6.29 Å². The summed E-state index contributed by atoms with van der Waals surface area (Å²) in [6.07, 6.45) is -3.33. The van der Waals surface area contributed by atoms with E-state index >= 15 is 0 Å². The molecular formula is C9H6F2O4. The third-order valence-corrected chi connectivity index (χ3v) is 1.87. The number of hydrogen-bond donors (Lipinski definition) is 0. The van der Waals surface area contributed by atoms with E-state index in [1.165, 1.54) is 19.2 Å². The van der Waals surface area contributed by atoms with E-state index in [1.54, 1.807) is 0 Å². The summed E-state index contributed by atoms with van der Waals surface area (Å²) in [7, 11) is 1.35.